The smallest absolute Gasteiger partial charge is 0.330 e. The van der Waals surface area contributed by atoms with Gasteiger partial charge in [-0.05, 0) is 24.4 Å². The van der Waals surface area contributed by atoms with Crippen LogP contribution in [-0.2, 0) is 15.1 Å². The lowest BCUT2D eigenvalue weighted by Crippen LogP contribution is -2.50. The van der Waals surface area contributed by atoms with Crippen molar-refractivity contribution in [2.45, 2.75) is 32.7 Å². The van der Waals surface area contributed by atoms with E-state index in [1.54, 1.807) is 0 Å². The third-order valence-corrected chi connectivity index (χ3v) is 3.14. The summed E-state index contributed by atoms with van der Waals surface area (Å²) in [5.74, 6) is 0.251. The molecule has 1 rings (SSSR count). The Hall–Kier alpha value is -1.35. The highest BCUT2D eigenvalue weighted by Gasteiger charge is 2.39. The SMILES string of the molecule is CCC(NCC(C)C)(C(=O)OC)c1ccccc1. The third kappa shape index (κ3) is 3.10. The second kappa shape index (κ2) is 6.55. The van der Waals surface area contributed by atoms with Crippen LogP contribution >= 0.6 is 0 Å². The molecule has 0 radical (unpaired) electrons. The normalized spacial score (nSPS) is 14.3. The van der Waals surface area contributed by atoms with Gasteiger partial charge in [0.1, 0.15) is 5.54 Å². The Labute approximate surface area is 110 Å². The molecule has 1 aromatic carbocycles. The molecule has 0 bridgehead atoms. The van der Waals surface area contributed by atoms with Crippen molar-refractivity contribution in [3.8, 4) is 0 Å². The van der Waals surface area contributed by atoms with Crippen molar-refractivity contribution in [3.05, 3.63) is 35.9 Å². The van der Waals surface area contributed by atoms with Gasteiger partial charge in [-0.3, -0.25) is 5.32 Å². The minimum atomic E-state index is -0.736. The van der Waals surface area contributed by atoms with Crippen LogP contribution in [0, 0.1) is 5.92 Å². The highest BCUT2D eigenvalue weighted by atomic mass is 16.5. The predicted octanol–water partition coefficient (Wildman–Crippen LogP) is 2.71. The molecular weight excluding hydrogens is 226 g/mol. The van der Waals surface area contributed by atoms with E-state index >= 15 is 0 Å². The number of esters is 1. The molecule has 0 aliphatic rings. The van der Waals surface area contributed by atoms with Crippen molar-refractivity contribution in [1.82, 2.24) is 5.32 Å². The molecule has 0 spiro atoms. The summed E-state index contributed by atoms with van der Waals surface area (Å²) in [5, 5.41) is 3.37. The van der Waals surface area contributed by atoms with Crippen molar-refractivity contribution in [2.75, 3.05) is 13.7 Å². The predicted molar refractivity (Wildman–Crippen MR) is 73.3 cm³/mol. The van der Waals surface area contributed by atoms with Crippen LogP contribution in [0.4, 0.5) is 0 Å². The molecule has 0 aliphatic heterocycles. The molecule has 3 heteroatoms. The monoisotopic (exact) mass is 249 g/mol. The number of ether oxygens (including phenoxy) is 1. The Morgan fingerprint density at radius 1 is 1.33 bits per heavy atom. The van der Waals surface area contributed by atoms with Gasteiger partial charge >= 0.3 is 5.97 Å². The largest absolute Gasteiger partial charge is 0.467 e. The molecule has 0 saturated carbocycles. The zero-order valence-electron chi connectivity index (χ0n) is 11.7. The summed E-state index contributed by atoms with van der Waals surface area (Å²) in [6, 6.07) is 9.77. The van der Waals surface area contributed by atoms with Gasteiger partial charge in [0.2, 0.25) is 0 Å². The van der Waals surface area contributed by atoms with Gasteiger partial charge in [-0.1, -0.05) is 51.1 Å². The Balaban J connectivity index is 3.10. The van der Waals surface area contributed by atoms with Crippen LogP contribution in [0.5, 0.6) is 0 Å². The van der Waals surface area contributed by atoms with E-state index in [0.717, 1.165) is 12.1 Å². The summed E-state index contributed by atoms with van der Waals surface area (Å²) in [5.41, 5.74) is 0.223. The second-order valence-electron chi connectivity index (χ2n) is 4.89. The van der Waals surface area contributed by atoms with E-state index in [0.29, 0.717) is 12.3 Å². The van der Waals surface area contributed by atoms with Crippen LogP contribution in [0.15, 0.2) is 30.3 Å². The standard InChI is InChI=1S/C15H23NO2/c1-5-15(14(17)18-4,16-11-12(2)3)13-9-7-6-8-10-13/h6-10,12,16H,5,11H2,1-4H3. The number of nitrogens with one attached hydrogen (secondary N) is 1. The minimum absolute atomic E-state index is 0.225. The highest BCUT2D eigenvalue weighted by molar-refractivity contribution is 5.82. The third-order valence-electron chi connectivity index (χ3n) is 3.14. The fourth-order valence-electron chi connectivity index (χ4n) is 2.04. The molecule has 0 aromatic heterocycles. The molecule has 1 unspecified atom stereocenters. The van der Waals surface area contributed by atoms with Crippen molar-refractivity contribution >= 4 is 5.97 Å². The number of hydrogen-bond acceptors (Lipinski definition) is 3. The lowest BCUT2D eigenvalue weighted by Gasteiger charge is -2.32. The van der Waals surface area contributed by atoms with Gasteiger partial charge in [0.25, 0.3) is 0 Å². The number of methoxy groups -OCH3 is 1. The zero-order chi connectivity index (χ0) is 13.6. The summed E-state index contributed by atoms with van der Waals surface area (Å²) >= 11 is 0. The number of benzene rings is 1. The van der Waals surface area contributed by atoms with Gasteiger partial charge in [0, 0.05) is 0 Å². The molecule has 1 atom stereocenters. The topological polar surface area (TPSA) is 38.3 Å². The Morgan fingerprint density at radius 3 is 2.39 bits per heavy atom. The van der Waals surface area contributed by atoms with Gasteiger partial charge in [-0.2, -0.15) is 0 Å². The number of carbonyl (C=O) groups is 1. The molecule has 0 heterocycles. The number of hydrogen-bond donors (Lipinski definition) is 1. The first-order chi connectivity index (χ1) is 8.56. The van der Waals surface area contributed by atoms with Crippen LogP contribution in [0.2, 0.25) is 0 Å². The molecule has 0 fully saturated rings. The molecule has 0 amide bonds. The summed E-state index contributed by atoms with van der Waals surface area (Å²) in [4.78, 5) is 12.2. The van der Waals surface area contributed by atoms with E-state index in [1.165, 1.54) is 7.11 Å². The van der Waals surface area contributed by atoms with Crippen molar-refractivity contribution in [3.63, 3.8) is 0 Å². The van der Waals surface area contributed by atoms with Crippen LogP contribution in [-0.4, -0.2) is 19.6 Å². The van der Waals surface area contributed by atoms with Gasteiger partial charge in [-0.25, -0.2) is 4.79 Å². The lowest BCUT2D eigenvalue weighted by atomic mass is 9.86. The maximum atomic E-state index is 12.2. The fourth-order valence-corrected chi connectivity index (χ4v) is 2.04. The van der Waals surface area contributed by atoms with Crippen molar-refractivity contribution < 1.29 is 9.53 Å². The van der Waals surface area contributed by atoms with Gasteiger partial charge in [-0.15, -0.1) is 0 Å². The average molecular weight is 249 g/mol. The second-order valence-corrected chi connectivity index (χ2v) is 4.89. The molecule has 0 saturated heterocycles. The first kappa shape index (κ1) is 14.7. The maximum absolute atomic E-state index is 12.2. The molecule has 1 aromatic rings. The Bertz CT molecular complexity index is 375. The first-order valence-electron chi connectivity index (χ1n) is 6.45. The maximum Gasteiger partial charge on any atom is 0.330 e. The average Bonchev–Trinajstić information content (AvgIpc) is 2.40. The summed E-state index contributed by atoms with van der Waals surface area (Å²) in [6.07, 6.45) is 0.663. The Morgan fingerprint density at radius 2 is 1.94 bits per heavy atom. The van der Waals surface area contributed by atoms with E-state index in [4.69, 9.17) is 4.74 Å². The number of rotatable bonds is 6. The molecule has 1 N–H and O–H groups in total. The van der Waals surface area contributed by atoms with Gasteiger partial charge < -0.3 is 4.74 Å². The van der Waals surface area contributed by atoms with Gasteiger partial charge in [0.15, 0.2) is 0 Å². The van der Waals surface area contributed by atoms with E-state index in [-0.39, 0.29) is 5.97 Å². The van der Waals surface area contributed by atoms with Crippen molar-refractivity contribution in [1.29, 1.82) is 0 Å². The quantitative estimate of drug-likeness (QED) is 0.788. The lowest BCUT2D eigenvalue weighted by molar-refractivity contribution is -0.149. The van der Waals surface area contributed by atoms with Crippen molar-refractivity contribution in [2.24, 2.45) is 5.92 Å². The van der Waals surface area contributed by atoms with Crippen LogP contribution in [0.1, 0.15) is 32.8 Å². The molecule has 3 nitrogen and oxygen atoms in total. The fraction of sp³-hybridized carbons (Fsp3) is 0.533. The zero-order valence-corrected chi connectivity index (χ0v) is 11.7. The number of carbonyl (C=O) groups excluding carboxylic acids is 1. The van der Waals surface area contributed by atoms with E-state index in [1.807, 2.05) is 37.3 Å². The summed E-state index contributed by atoms with van der Waals surface area (Å²) < 4.78 is 4.99. The van der Waals surface area contributed by atoms with Crippen LogP contribution in [0.25, 0.3) is 0 Å². The minimum Gasteiger partial charge on any atom is -0.467 e. The van der Waals surface area contributed by atoms with E-state index in [9.17, 15) is 4.79 Å². The molecular formula is C15H23NO2. The van der Waals surface area contributed by atoms with E-state index in [2.05, 4.69) is 19.2 Å². The molecule has 18 heavy (non-hydrogen) atoms. The van der Waals surface area contributed by atoms with Crippen LogP contribution in [0.3, 0.4) is 0 Å². The molecule has 100 valence electrons. The van der Waals surface area contributed by atoms with Crippen LogP contribution < -0.4 is 5.32 Å². The molecule has 0 aliphatic carbocycles. The summed E-state index contributed by atoms with van der Waals surface area (Å²) in [6.45, 7) is 7.01. The first-order valence-corrected chi connectivity index (χ1v) is 6.45. The van der Waals surface area contributed by atoms with Gasteiger partial charge in [0.05, 0.1) is 7.11 Å². The Kier molecular flexibility index (Phi) is 5.35. The summed E-state index contributed by atoms with van der Waals surface area (Å²) in [7, 11) is 1.44. The highest BCUT2D eigenvalue weighted by Crippen LogP contribution is 2.26. The van der Waals surface area contributed by atoms with E-state index < -0.39 is 5.54 Å².